The molecule has 1 aromatic rings. The van der Waals surface area contributed by atoms with E-state index in [4.69, 9.17) is 28.4 Å². The molecular weight excluding hydrogens is 380 g/mol. The number of ether oxygens (including phenoxy) is 6. The second kappa shape index (κ2) is 10.7. The van der Waals surface area contributed by atoms with Gasteiger partial charge in [-0.3, -0.25) is 0 Å². The highest BCUT2D eigenvalue weighted by Crippen LogP contribution is 2.34. The molecule has 0 bridgehead atoms. The summed E-state index contributed by atoms with van der Waals surface area (Å²) in [4.78, 5) is 0. The summed E-state index contributed by atoms with van der Waals surface area (Å²) in [7, 11) is 1.60. The molecule has 166 valence electrons. The molecule has 0 unspecified atom stereocenters. The highest BCUT2D eigenvalue weighted by Gasteiger charge is 2.54. The normalized spacial score (nSPS) is 21.9. The Morgan fingerprint density at radius 3 is 2.24 bits per heavy atom. The summed E-state index contributed by atoms with van der Waals surface area (Å²) in [5.74, 6) is -0.113. The molecule has 8 heteroatoms. The average Bonchev–Trinajstić information content (AvgIpc) is 3.09. The second-order valence-corrected chi connectivity index (χ2v) is 7.30. The molecule has 2 N–H and O–H groups in total. The van der Waals surface area contributed by atoms with Gasteiger partial charge < -0.3 is 38.6 Å². The van der Waals surface area contributed by atoms with Crippen molar-refractivity contribution in [1.29, 1.82) is 0 Å². The maximum Gasteiger partial charge on any atom is 0.191 e. The summed E-state index contributed by atoms with van der Waals surface area (Å²) in [5, 5.41) is 21.6. The first-order chi connectivity index (χ1) is 13.8. The van der Waals surface area contributed by atoms with Gasteiger partial charge in [0, 0.05) is 13.2 Å². The maximum atomic E-state index is 11.2. The predicted octanol–water partition coefficient (Wildman–Crippen LogP) is 1.85. The van der Waals surface area contributed by atoms with Crippen LogP contribution in [0.25, 0.3) is 0 Å². The smallest absolute Gasteiger partial charge is 0.191 e. The van der Waals surface area contributed by atoms with E-state index in [9.17, 15) is 10.2 Å². The summed E-state index contributed by atoms with van der Waals surface area (Å²) in [5.41, 5.74) is -0.730. The molecule has 8 nitrogen and oxygen atoms in total. The standard InChI is InChI=1S/C21H34O8/c1-6-25-19(26-7-2)21(14-22,18(23)17-13-27-20(3,4)29-17)28-12-15-8-10-16(24-5)11-9-15/h8-11,17-19,22-23H,6-7,12-14H2,1-5H3/t17-,18-,21+/m1/s1. The number of aliphatic hydroxyl groups is 2. The third-order valence-electron chi connectivity index (χ3n) is 4.83. The van der Waals surface area contributed by atoms with Crippen LogP contribution >= 0.6 is 0 Å². The van der Waals surface area contributed by atoms with Gasteiger partial charge in [0.2, 0.25) is 0 Å². The van der Waals surface area contributed by atoms with Crippen molar-refractivity contribution in [3.05, 3.63) is 29.8 Å². The molecule has 0 aliphatic carbocycles. The molecule has 0 saturated carbocycles. The highest BCUT2D eigenvalue weighted by atomic mass is 16.8. The van der Waals surface area contributed by atoms with E-state index in [1.165, 1.54) is 0 Å². The van der Waals surface area contributed by atoms with Crippen molar-refractivity contribution in [2.75, 3.05) is 33.5 Å². The summed E-state index contributed by atoms with van der Waals surface area (Å²) >= 11 is 0. The van der Waals surface area contributed by atoms with Crippen LogP contribution in [-0.2, 0) is 30.3 Å². The Morgan fingerprint density at radius 1 is 1.17 bits per heavy atom. The van der Waals surface area contributed by atoms with E-state index < -0.39 is 36.5 Å². The molecule has 0 aromatic heterocycles. The molecule has 0 spiro atoms. The Hall–Kier alpha value is -1.26. The van der Waals surface area contributed by atoms with Gasteiger partial charge in [-0.25, -0.2) is 0 Å². The van der Waals surface area contributed by atoms with Crippen molar-refractivity contribution in [3.63, 3.8) is 0 Å². The Kier molecular flexibility index (Phi) is 8.84. The first kappa shape index (κ1) is 24.0. The molecule has 29 heavy (non-hydrogen) atoms. The van der Waals surface area contributed by atoms with E-state index in [1.807, 2.05) is 38.1 Å². The van der Waals surface area contributed by atoms with Crippen molar-refractivity contribution in [2.45, 2.75) is 64.2 Å². The van der Waals surface area contributed by atoms with Gasteiger partial charge in [0.25, 0.3) is 0 Å². The zero-order chi connectivity index (χ0) is 21.5. The number of methoxy groups -OCH3 is 1. The van der Waals surface area contributed by atoms with Crippen molar-refractivity contribution >= 4 is 0 Å². The van der Waals surface area contributed by atoms with Gasteiger partial charge in [-0.1, -0.05) is 12.1 Å². The average molecular weight is 414 g/mol. The fraction of sp³-hybridized carbons (Fsp3) is 0.714. The minimum absolute atomic E-state index is 0.120. The highest BCUT2D eigenvalue weighted by molar-refractivity contribution is 5.26. The Balaban J connectivity index is 2.28. The molecule has 1 saturated heterocycles. The van der Waals surface area contributed by atoms with Crippen LogP contribution in [0.5, 0.6) is 5.75 Å². The van der Waals surface area contributed by atoms with Crippen LogP contribution in [0, 0.1) is 0 Å². The van der Waals surface area contributed by atoms with Crippen molar-refractivity contribution in [1.82, 2.24) is 0 Å². The monoisotopic (exact) mass is 414 g/mol. The maximum absolute atomic E-state index is 11.2. The van der Waals surface area contributed by atoms with Crippen LogP contribution in [0.4, 0.5) is 0 Å². The van der Waals surface area contributed by atoms with E-state index in [2.05, 4.69) is 0 Å². The van der Waals surface area contributed by atoms with Crippen LogP contribution in [-0.4, -0.2) is 73.6 Å². The van der Waals surface area contributed by atoms with E-state index in [0.717, 1.165) is 11.3 Å². The van der Waals surface area contributed by atoms with E-state index in [-0.39, 0.29) is 13.2 Å². The zero-order valence-corrected chi connectivity index (χ0v) is 17.9. The Bertz CT molecular complexity index is 599. The summed E-state index contributed by atoms with van der Waals surface area (Å²) in [6.07, 6.45) is -2.96. The van der Waals surface area contributed by atoms with Crippen LogP contribution in [0.2, 0.25) is 0 Å². The number of rotatable bonds is 12. The second-order valence-electron chi connectivity index (χ2n) is 7.30. The van der Waals surface area contributed by atoms with Gasteiger partial charge >= 0.3 is 0 Å². The molecule has 3 atom stereocenters. The number of aliphatic hydroxyl groups excluding tert-OH is 2. The number of hydrogen-bond donors (Lipinski definition) is 2. The largest absolute Gasteiger partial charge is 0.497 e. The summed E-state index contributed by atoms with van der Waals surface area (Å²) < 4.78 is 34.1. The van der Waals surface area contributed by atoms with Gasteiger partial charge in [-0.05, 0) is 45.4 Å². The predicted molar refractivity (Wildman–Crippen MR) is 106 cm³/mol. The van der Waals surface area contributed by atoms with Crippen molar-refractivity contribution in [2.24, 2.45) is 0 Å². The van der Waals surface area contributed by atoms with Crippen LogP contribution in [0.15, 0.2) is 24.3 Å². The first-order valence-electron chi connectivity index (χ1n) is 9.92. The molecule has 0 radical (unpaired) electrons. The lowest BCUT2D eigenvalue weighted by Crippen LogP contribution is -2.63. The van der Waals surface area contributed by atoms with Gasteiger partial charge in [0.1, 0.15) is 18.0 Å². The lowest BCUT2D eigenvalue weighted by molar-refractivity contribution is -0.306. The van der Waals surface area contributed by atoms with Crippen molar-refractivity contribution in [3.8, 4) is 5.75 Å². The van der Waals surface area contributed by atoms with Crippen molar-refractivity contribution < 1.29 is 38.6 Å². The van der Waals surface area contributed by atoms with Gasteiger partial charge in [0.05, 0.1) is 26.9 Å². The summed E-state index contributed by atoms with van der Waals surface area (Å²) in [6, 6.07) is 7.33. The number of hydrogen-bond acceptors (Lipinski definition) is 8. The molecule has 1 aliphatic rings. The topological polar surface area (TPSA) is 95.8 Å². The van der Waals surface area contributed by atoms with Crippen LogP contribution < -0.4 is 4.74 Å². The fourth-order valence-electron chi connectivity index (χ4n) is 3.26. The third kappa shape index (κ3) is 5.88. The summed E-state index contributed by atoms with van der Waals surface area (Å²) in [6.45, 7) is 7.53. The quantitative estimate of drug-likeness (QED) is 0.501. The van der Waals surface area contributed by atoms with Crippen LogP contribution in [0.1, 0.15) is 33.3 Å². The first-order valence-corrected chi connectivity index (χ1v) is 9.92. The third-order valence-corrected chi connectivity index (χ3v) is 4.83. The molecule has 1 heterocycles. The van der Waals surface area contributed by atoms with E-state index in [0.29, 0.717) is 13.2 Å². The van der Waals surface area contributed by atoms with Crippen LogP contribution in [0.3, 0.4) is 0 Å². The van der Waals surface area contributed by atoms with Gasteiger partial charge in [-0.2, -0.15) is 0 Å². The Morgan fingerprint density at radius 2 is 1.79 bits per heavy atom. The molecule has 1 aromatic carbocycles. The molecule has 2 rings (SSSR count). The Labute approximate surface area is 172 Å². The zero-order valence-electron chi connectivity index (χ0n) is 17.9. The van der Waals surface area contributed by atoms with Gasteiger partial charge in [0.15, 0.2) is 17.7 Å². The minimum atomic E-state index is -1.57. The number of benzene rings is 1. The molecule has 1 aliphatic heterocycles. The minimum Gasteiger partial charge on any atom is -0.497 e. The molecule has 1 fully saturated rings. The molecular formula is C21H34O8. The molecule has 0 amide bonds. The SMILES string of the molecule is CCOC(OCC)[C@@](CO)(OCc1ccc(OC)cc1)[C@H](O)[C@H]1COC(C)(C)O1. The fourth-order valence-corrected chi connectivity index (χ4v) is 3.26. The lowest BCUT2D eigenvalue weighted by Gasteiger charge is -2.43. The van der Waals surface area contributed by atoms with E-state index in [1.54, 1.807) is 21.0 Å². The van der Waals surface area contributed by atoms with Gasteiger partial charge in [-0.15, -0.1) is 0 Å². The van der Waals surface area contributed by atoms with E-state index >= 15 is 0 Å². The lowest BCUT2D eigenvalue weighted by atomic mass is 9.91.